The van der Waals surface area contributed by atoms with Crippen LogP contribution in [-0.4, -0.2) is 10.2 Å². The normalized spacial score (nSPS) is 10.8. The van der Waals surface area contributed by atoms with Gasteiger partial charge < -0.3 is 4.42 Å². The van der Waals surface area contributed by atoms with Crippen LogP contribution in [0.25, 0.3) is 11.5 Å². The Morgan fingerprint density at radius 1 is 1.05 bits per heavy atom. The molecule has 0 aliphatic rings. The molecule has 1 aromatic heterocycles. The molecule has 0 fully saturated rings. The monoisotopic (exact) mass is 380 g/mol. The van der Waals surface area contributed by atoms with Crippen LogP contribution >= 0.6 is 39.3 Å². The van der Waals surface area contributed by atoms with Gasteiger partial charge in [-0.2, -0.15) is 0 Å². The van der Waals surface area contributed by atoms with Crippen molar-refractivity contribution in [2.75, 3.05) is 0 Å². The first kappa shape index (κ1) is 14.6. The zero-order valence-corrected chi connectivity index (χ0v) is 14.0. The van der Waals surface area contributed by atoms with Crippen LogP contribution < -0.4 is 0 Å². The highest BCUT2D eigenvalue weighted by Gasteiger charge is 2.11. The van der Waals surface area contributed by atoms with E-state index in [1.807, 2.05) is 48.5 Å². The average molecular weight is 382 g/mol. The van der Waals surface area contributed by atoms with Gasteiger partial charge in [0, 0.05) is 15.2 Å². The van der Waals surface area contributed by atoms with Gasteiger partial charge in [0.15, 0.2) is 0 Å². The van der Waals surface area contributed by atoms with Crippen LogP contribution in [0, 0.1) is 0 Å². The molecule has 1 heterocycles. The minimum atomic E-state index is 0.515. The molecule has 0 aliphatic carbocycles. The van der Waals surface area contributed by atoms with Gasteiger partial charge in [0.2, 0.25) is 5.89 Å². The fourth-order valence-corrected chi connectivity index (χ4v) is 3.04. The Balaban J connectivity index is 1.71. The number of hydrogen-bond acceptors (Lipinski definition) is 4. The van der Waals surface area contributed by atoms with Crippen molar-refractivity contribution in [1.29, 1.82) is 0 Å². The smallest absolute Gasteiger partial charge is 0.277 e. The van der Waals surface area contributed by atoms with Crippen LogP contribution in [0.3, 0.4) is 0 Å². The van der Waals surface area contributed by atoms with Crippen LogP contribution in [-0.2, 0) is 5.75 Å². The number of hydrogen-bond donors (Lipinski definition) is 0. The van der Waals surface area contributed by atoms with E-state index in [0.29, 0.717) is 11.1 Å². The first-order valence-electron chi connectivity index (χ1n) is 6.18. The zero-order chi connectivity index (χ0) is 14.7. The van der Waals surface area contributed by atoms with E-state index >= 15 is 0 Å². The van der Waals surface area contributed by atoms with E-state index in [2.05, 4.69) is 26.1 Å². The minimum absolute atomic E-state index is 0.515. The van der Waals surface area contributed by atoms with Crippen molar-refractivity contribution in [3.63, 3.8) is 0 Å². The second kappa shape index (κ2) is 6.64. The van der Waals surface area contributed by atoms with Gasteiger partial charge in [-0.3, -0.25) is 0 Å². The Morgan fingerprint density at radius 3 is 2.57 bits per heavy atom. The minimum Gasteiger partial charge on any atom is -0.411 e. The quantitative estimate of drug-likeness (QED) is 0.564. The summed E-state index contributed by atoms with van der Waals surface area (Å²) >= 11 is 10.8. The third-order valence-corrected chi connectivity index (χ3v) is 4.62. The van der Waals surface area contributed by atoms with E-state index < -0.39 is 0 Å². The molecule has 0 amide bonds. The molecular weight excluding hydrogens is 372 g/mol. The van der Waals surface area contributed by atoms with Crippen molar-refractivity contribution in [3.8, 4) is 11.5 Å². The van der Waals surface area contributed by atoms with Gasteiger partial charge in [0.25, 0.3) is 5.22 Å². The highest BCUT2D eigenvalue weighted by Crippen LogP contribution is 2.30. The predicted molar refractivity (Wildman–Crippen MR) is 88.4 cm³/mol. The third-order valence-electron chi connectivity index (χ3n) is 2.79. The van der Waals surface area contributed by atoms with Gasteiger partial charge >= 0.3 is 0 Å². The van der Waals surface area contributed by atoms with E-state index in [0.717, 1.165) is 26.4 Å². The predicted octanol–water partition coefficient (Wildman–Crippen LogP) is 5.44. The molecule has 3 nitrogen and oxygen atoms in total. The Morgan fingerprint density at radius 2 is 1.81 bits per heavy atom. The summed E-state index contributed by atoms with van der Waals surface area (Å²) in [7, 11) is 0. The lowest BCUT2D eigenvalue weighted by Crippen LogP contribution is -1.79. The second-order valence-corrected chi connectivity index (χ2v) is 6.49. The maximum Gasteiger partial charge on any atom is 0.277 e. The topological polar surface area (TPSA) is 38.9 Å². The maximum atomic E-state index is 5.86. The van der Waals surface area contributed by atoms with E-state index in [1.54, 1.807) is 0 Å². The first-order chi connectivity index (χ1) is 10.2. The molecule has 0 spiro atoms. The first-order valence-corrected chi connectivity index (χ1v) is 8.34. The molecule has 0 unspecified atom stereocenters. The fourth-order valence-electron chi connectivity index (χ4n) is 1.74. The van der Waals surface area contributed by atoms with Gasteiger partial charge in [-0.15, -0.1) is 10.2 Å². The molecule has 0 atom stereocenters. The van der Waals surface area contributed by atoms with Gasteiger partial charge in [-0.05, 0) is 45.8 Å². The van der Waals surface area contributed by atoms with Crippen molar-refractivity contribution in [2.24, 2.45) is 0 Å². The molecule has 0 saturated heterocycles. The number of aromatic nitrogens is 2. The number of benzene rings is 2. The molecule has 2 aromatic carbocycles. The third kappa shape index (κ3) is 3.67. The number of rotatable bonds is 4. The van der Waals surface area contributed by atoms with Crippen LogP contribution in [0.5, 0.6) is 0 Å². The summed E-state index contributed by atoms with van der Waals surface area (Å²) in [5.41, 5.74) is 2.05. The Bertz CT molecular complexity index is 745. The van der Waals surface area contributed by atoms with Gasteiger partial charge in [-0.1, -0.05) is 47.6 Å². The molecule has 0 N–H and O–H groups in total. The summed E-state index contributed by atoms with van der Waals surface area (Å²) in [4.78, 5) is 0. The van der Waals surface area contributed by atoms with Crippen molar-refractivity contribution in [2.45, 2.75) is 11.0 Å². The summed E-state index contributed by atoms with van der Waals surface area (Å²) in [6.07, 6.45) is 0. The molecule has 21 heavy (non-hydrogen) atoms. The summed E-state index contributed by atoms with van der Waals surface area (Å²) < 4.78 is 6.61. The van der Waals surface area contributed by atoms with Crippen molar-refractivity contribution in [1.82, 2.24) is 10.2 Å². The summed E-state index contributed by atoms with van der Waals surface area (Å²) in [5.74, 6) is 1.27. The fraction of sp³-hybridized carbons (Fsp3) is 0.0667. The van der Waals surface area contributed by atoms with E-state index in [-0.39, 0.29) is 0 Å². The number of nitrogens with zero attached hydrogens (tertiary/aromatic N) is 2. The summed E-state index contributed by atoms with van der Waals surface area (Å²) in [5, 5.41) is 9.44. The summed E-state index contributed by atoms with van der Waals surface area (Å²) in [6.45, 7) is 0. The molecule has 3 aromatic rings. The number of thioether (sulfide) groups is 1. The van der Waals surface area contributed by atoms with Crippen LogP contribution in [0.1, 0.15) is 5.56 Å². The number of halogens is 2. The Kier molecular flexibility index (Phi) is 4.63. The lowest BCUT2D eigenvalue weighted by molar-refractivity contribution is 0.465. The van der Waals surface area contributed by atoms with Gasteiger partial charge in [-0.25, -0.2) is 0 Å². The molecule has 3 rings (SSSR count). The molecule has 0 bridgehead atoms. The largest absolute Gasteiger partial charge is 0.411 e. The molecule has 0 aliphatic heterocycles. The highest BCUT2D eigenvalue weighted by atomic mass is 79.9. The van der Waals surface area contributed by atoms with Crippen molar-refractivity contribution < 1.29 is 4.42 Å². The van der Waals surface area contributed by atoms with Gasteiger partial charge in [0.05, 0.1) is 5.56 Å². The second-order valence-electron chi connectivity index (χ2n) is 4.27. The highest BCUT2D eigenvalue weighted by molar-refractivity contribution is 9.10. The van der Waals surface area contributed by atoms with Crippen LogP contribution in [0.15, 0.2) is 62.6 Å². The zero-order valence-electron chi connectivity index (χ0n) is 10.8. The average Bonchev–Trinajstić information content (AvgIpc) is 2.96. The molecule has 0 radical (unpaired) electrons. The van der Waals surface area contributed by atoms with Crippen molar-refractivity contribution >= 4 is 39.3 Å². The van der Waals surface area contributed by atoms with E-state index in [9.17, 15) is 0 Å². The molecule has 6 heteroatoms. The SMILES string of the molecule is Clc1ccc(CSc2nnc(-c3ccccc3Br)o2)cc1. The van der Waals surface area contributed by atoms with Crippen LogP contribution in [0.2, 0.25) is 5.02 Å². The van der Waals surface area contributed by atoms with Crippen LogP contribution in [0.4, 0.5) is 0 Å². The maximum absolute atomic E-state index is 5.86. The van der Waals surface area contributed by atoms with Crippen molar-refractivity contribution in [3.05, 3.63) is 63.6 Å². The molecule has 0 saturated carbocycles. The van der Waals surface area contributed by atoms with Gasteiger partial charge in [0.1, 0.15) is 0 Å². The Hall–Kier alpha value is -1.30. The standard InChI is InChI=1S/C15H10BrClN2OS/c16-13-4-2-1-3-12(13)14-18-19-15(20-14)21-9-10-5-7-11(17)8-6-10/h1-8H,9H2. The Labute approximate surface area is 139 Å². The lowest BCUT2D eigenvalue weighted by Gasteiger charge is -1.99. The van der Waals surface area contributed by atoms with E-state index in [1.165, 1.54) is 11.8 Å². The summed E-state index contributed by atoms with van der Waals surface area (Å²) in [6, 6.07) is 15.5. The lowest BCUT2D eigenvalue weighted by atomic mass is 10.2. The van der Waals surface area contributed by atoms with E-state index in [4.69, 9.17) is 16.0 Å². The molecular formula is C15H10BrClN2OS. The molecule has 106 valence electrons.